The number of hydrogen-bond acceptors (Lipinski definition) is 1. The lowest BCUT2D eigenvalue weighted by Crippen LogP contribution is -2.33. The summed E-state index contributed by atoms with van der Waals surface area (Å²) >= 11 is 0. The zero-order chi connectivity index (χ0) is 12.7. The van der Waals surface area contributed by atoms with Gasteiger partial charge in [0, 0.05) is 6.04 Å². The van der Waals surface area contributed by atoms with Crippen LogP contribution in [0.1, 0.15) is 78.6 Å². The van der Waals surface area contributed by atoms with Crippen molar-refractivity contribution in [1.29, 1.82) is 0 Å². The van der Waals surface area contributed by atoms with Crippen LogP contribution in [0.25, 0.3) is 0 Å². The molecule has 1 nitrogen and oxygen atoms in total. The average molecular weight is 239 g/mol. The number of rotatable bonds is 7. The van der Waals surface area contributed by atoms with E-state index in [9.17, 15) is 0 Å². The Bertz CT molecular complexity index is 180. The summed E-state index contributed by atoms with van der Waals surface area (Å²) in [5, 5.41) is 0. The van der Waals surface area contributed by atoms with Crippen LogP contribution in [-0.2, 0) is 0 Å². The number of nitrogens with two attached hydrogens (primary N) is 1. The fourth-order valence-corrected chi connectivity index (χ4v) is 3.16. The molecule has 1 aliphatic carbocycles. The molecule has 0 aromatic heterocycles. The van der Waals surface area contributed by atoms with Crippen LogP contribution >= 0.6 is 0 Å². The Hall–Kier alpha value is -0.0400. The van der Waals surface area contributed by atoms with Gasteiger partial charge in [-0.15, -0.1) is 0 Å². The topological polar surface area (TPSA) is 26.0 Å². The van der Waals surface area contributed by atoms with E-state index < -0.39 is 0 Å². The third-order valence-corrected chi connectivity index (χ3v) is 4.54. The van der Waals surface area contributed by atoms with Gasteiger partial charge in [0.05, 0.1) is 0 Å². The van der Waals surface area contributed by atoms with Crippen LogP contribution in [0.2, 0.25) is 0 Å². The van der Waals surface area contributed by atoms with E-state index in [2.05, 4.69) is 20.8 Å². The second kappa shape index (κ2) is 8.13. The van der Waals surface area contributed by atoms with Gasteiger partial charge in [-0.3, -0.25) is 0 Å². The van der Waals surface area contributed by atoms with Gasteiger partial charge >= 0.3 is 0 Å². The van der Waals surface area contributed by atoms with Gasteiger partial charge in [0.15, 0.2) is 0 Å². The maximum absolute atomic E-state index is 6.34. The van der Waals surface area contributed by atoms with Crippen molar-refractivity contribution in [2.75, 3.05) is 0 Å². The van der Waals surface area contributed by atoms with Crippen molar-refractivity contribution in [3.05, 3.63) is 0 Å². The largest absolute Gasteiger partial charge is 0.327 e. The summed E-state index contributed by atoms with van der Waals surface area (Å²) in [4.78, 5) is 0. The first-order chi connectivity index (χ1) is 8.13. The maximum atomic E-state index is 6.34. The van der Waals surface area contributed by atoms with E-state index in [1.807, 2.05) is 0 Å². The predicted molar refractivity (Wildman–Crippen MR) is 77.0 cm³/mol. The quantitative estimate of drug-likeness (QED) is 0.682. The van der Waals surface area contributed by atoms with Gasteiger partial charge in [0.1, 0.15) is 0 Å². The molecule has 0 radical (unpaired) electrons. The Balaban J connectivity index is 2.17. The van der Waals surface area contributed by atoms with Gasteiger partial charge in [0.2, 0.25) is 0 Å². The minimum Gasteiger partial charge on any atom is -0.327 e. The van der Waals surface area contributed by atoms with Gasteiger partial charge in [-0.2, -0.15) is 0 Å². The normalized spacial score (nSPS) is 27.4. The number of unbranched alkanes of at least 4 members (excludes halogenated alkanes) is 1. The van der Waals surface area contributed by atoms with Crippen molar-refractivity contribution in [2.24, 2.45) is 23.5 Å². The summed E-state index contributed by atoms with van der Waals surface area (Å²) in [5.41, 5.74) is 6.34. The molecule has 17 heavy (non-hydrogen) atoms. The lowest BCUT2D eigenvalue weighted by molar-refractivity contribution is 0.222. The van der Waals surface area contributed by atoms with Crippen molar-refractivity contribution in [3.63, 3.8) is 0 Å². The fourth-order valence-electron chi connectivity index (χ4n) is 3.16. The highest BCUT2D eigenvalue weighted by Gasteiger charge is 2.25. The average Bonchev–Trinajstić information content (AvgIpc) is 2.34. The van der Waals surface area contributed by atoms with E-state index in [-0.39, 0.29) is 0 Å². The molecule has 0 spiro atoms. The SMILES string of the molecule is CCCCC1CCC(C(N)CCC(C)C)CC1. The van der Waals surface area contributed by atoms with E-state index in [4.69, 9.17) is 5.73 Å². The van der Waals surface area contributed by atoms with Gasteiger partial charge in [-0.05, 0) is 43.4 Å². The van der Waals surface area contributed by atoms with E-state index in [0.29, 0.717) is 6.04 Å². The summed E-state index contributed by atoms with van der Waals surface area (Å²) in [5.74, 6) is 2.65. The molecule has 0 aliphatic heterocycles. The Kier molecular flexibility index (Phi) is 7.18. The highest BCUT2D eigenvalue weighted by atomic mass is 14.6. The molecule has 0 heterocycles. The lowest BCUT2D eigenvalue weighted by Gasteiger charge is -2.32. The molecule has 0 bridgehead atoms. The van der Waals surface area contributed by atoms with Gasteiger partial charge in [-0.25, -0.2) is 0 Å². The van der Waals surface area contributed by atoms with Crippen LogP contribution in [0.15, 0.2) is 0 Å². The van der Waals surface area contributed by atoms with E-state index in [1.54, 1.807) is 0 Å². The lowest BCUT2D eigenvalue weighted by atomic mass is 9.76. The van der Waals surface area contributed by atoms with E-state index >= 15 is 0 Å². The third kappa shape index (κ3) is 5.90. The van der Waals surface area contributed by atoms with Crippen LogP contribution < -0.4 is 5.73 Å². The van der Waals surface area contributed by atoms with Gasteiger partial charge < -0.3 is 5.73 Å². The summed E-state index contributed by atoms with van der Waals surface area (Å²) in [7, 11) is 0. The summed E-state index contributed by atoms with van der Waals surface area (Å²) in [6.45, 7) is 6.90. The highest BCUT2D eigenvalue weighted by Crippen LogP contribution is 2.34. The maximum Gasteiger partial charge on any atom is 0.00672 e. The van der Waals surface area contributed by atoms with Crippen molar-refractivity contribution in [2.45, 2.75) is 84.6 Å². The van der Waals surface area contributed by atoms with E-state index in [1.165, 1.54) is 57.8 Å². The molecule has 1 saturated carbocycles. The third-order valence-electron chi connectivity index (χ3n) is 4.54. The fraction of sp³-hybridized carbons (Fsp3) is 1.00. The highest BCUT2D eigenvalue weighted by molar-refractivity contribution is 4.80. The standard InChI is InChI=1S/C16H33N/c1-4-5-6-14-8-10-15(11-9-14)16(17)12-7-13(2)3/h13-16H,4-12,17H2,1-3H3. The molecule has 0 amide bonds. The molecular weight excluding hydrogens is 206 g/mol. The summed E-state index contributed by atoms with van der Waals surface area (Å²) < 4.78 is 0. The molecule has 0 aromatic rings. The van der Waals surface area contributed by atoms with Crippen LogP contribution in [0.5, 0.6) is 0 Å². The molecule has 1 fully saturated rings. The minimum atomic E-state index is 0.476. The monoisotopic (exact) mass is 239 g/mol. The molecule has 2 N–H and O–H groups in total. The Labute approximate surface area is 109 Å². The Morgan fingerprint density at radius 1 is 1.06 bits per heavy atom. The predicted octanol–water partition coefficient (Wildman–Crippen LogP) is 4.75. The second-order valence-electron chi connectivity index (χ2n) is 6.56. The smallest absolute Gasteiger partial charge is 0.00672 e. The Morgan fingerprint density at radius 3 is 2.24 bits per heavy atom. The van der Waals surface area contributed by atoms with Crippen molar-refractivity contribution in [3.8, 4) is 0 Å². The molecule has 1 rings (SSSR count). The number of hydrogen-bond donors (Lipinski definition) is 1. The Morgan fingerprint density at radius 2 is 1.71 bits per heavy atom. The van der Waals surface area contributed by atoms with Crippen molar-refractivity contribution < 1.29 is 0 Å². The van der Waals surface area contributed by atoms with Gasteiger partial charge in [-0.1, -0.05) is 52.9 Å². The van der Waals surface area contributed by atoms with E-state index in [0.717, 1.165) is 17.8 Å². The van der Waals surface area contributed by atoms with Crippen LogP contribution in [-0.4, -0.2) is 6.04 Å². The zero-order valence-corrected chi connectivity index (χ0v) is 12.3. The van der Waals surface area contributed by atoms with Crippen LogP contribution in [0.4, 0.5) is 0 Å². The summed E-state index contributed by atoms with van der Waals surface area (Å²) in [6.07, 6.45) is 12.5. The molecule has 1 atom stereocenters. The first-order valence-electron chi connectivity index (χ1n) is 7.89. The molecule has 1 unspecified atom stereocenters. The molecule has 0 aromatic carbocycles. The first-order valence-corrected chi connectivity index (χ1v) is 7.89. The summed E-state index contributed by atoms with van der Waals surface area (Å²) in [6, 6.07) is 0.476. The zero-order valence-electron chi connectivity index (χ0n) is 12.3. The van der Waals surface area contributed by atoms with Crippen molar-refractivity contribution in [1.82, 2.24) is 0 Å². The second-order valence-corrected chi connectivity index (χ2v) is 6.56. The molecule has 1 aliphatic rings. The van der Waals surface area contributed by atoms with Crippen LogP contribution in [0, 0.1) is 17.8 Å². The molecular formula is C16H33N. The minimum absolute atomic E-state index is 0.476. The molecule has 102 valence electrons. The van der Waals surface area contributed by atoms with Gasteiger partial charge in [0.25, 0.3) is 0 Å². The van der Waals surface area contributed by atoms with Crippen LogP contribution in [0.3, 0.4) is 0 Å². The molecule has 0 saturated heterocycles. The first kappa shape index (κ1) is 15.0. The molecule has 1 heteroatoms. The van der Waals surface area contributed by atoms with Crippen molar-refractivity contribution >= 4 is 0 Å².